The standard InChI is InChI=1S/C19H19NO/c1-21-19-10-6-15(7-11-19)12-13-20-18-9-8-16-4-2-3-5-17(16)14-18/h2-11,14,20H,12-13H2,1H3. The van der Waals surface area contributed by atoms with Crippen LogP contribution in [0.2, 0.25) is 0 Å². The molecule has 0 fully saturated rings. The van der Waals surface area contributed by atoms with E-state index in [1.165, 1.54) is 22.0 Å². The number of anilines is 1. The molecule has 3 rings (SSSR count). The van der Waals surface area contributed by atoms with Crippen molar-refractivity contribution in [1.82, 2.24) is 0 Å². The van der Waals surface area contributed by atoms with E-state index in [1.54, 1.807) is 7.11 Å². The number of hydrogen-bond acceptors (Lipinski definition) is 2. The monoisotopic (exact) mass is 277 g/mol. The van der Waals surface area contributed by atoms with Crippen molar-refractivity contribution in [2.75, 3.05) is 19.0 Å². The summed E-state index contributed by atoms with van der Waals surface area (Å²) in [5, 5.41) is 6.03. The van der Waals surface area contributed by atoms with Gasteiger partial charge in [0.05, 0.1) is 7.11 Å². The van der Waals surface area contributed by atoms with Crippen LogP contribution in [-0.2, 0) is 6.42 Å². The first-order chi connectivity index (χ1) is 10.3. The lowest BCUT2D eigenvalue weighted by molar-refractivity contribution is 0.414. The average Bonchev–Trinajstić information content (AvgIpc) is 2.55. The number of benzene rings is 3. The molecule has 3 aromatic rings. The fraction of sp³-hybridized carbons (Fsp3) is 0.158. The molecule has 3 aromatic carbocycles. The average molecular weight is 277 g/mol. The summed E-state index contributed by atoms with van der Waals surface area (Å²) in [7, 11) is 1.69. The minimum absolute atomic E-state index is 0.904. The van der Waals surface area contributed by atoms with Gasteiger partial charge in [-0.2, -0.15) is 0 Å². The Kier molecular flexibility index (Phi) is 4.06. The van der Waals surface area contributed by atoms with Crippen LogP contribution in [0.4, 0.5) is 5.69 Å². The topological polar surface area (TPSA) is 21.3 Å². The zero-order valence-electron chi connectivity index (χ0n) is 12.2. The molecule has 21 heavy (non-hydrogen) atoms. The highest BCUT2D eigenvalue weighted by atomic mass is 16.5. The number of hydrogen-bond donors (Lipinski definition) is 1. The fourth-order valence-electron chi connectivity index (χ4n) is 2.44. The normalized spacial score (nSPS) is 10.5. The molecule has 2 heteroatoms. The SMILES string of the molecule is COc1ccc(CCNc2ccc3ccccc3c2)cc1. The summed E-state index contributed by atoms with van der Waals surface area (Å²) >= 11 is 0. The zero-order chi connectivity index (χ0) is 14.5. The van der Waals surface area contributed by atoms with Crippen molar-refractivity contribution in [3.8, 4) is 5.75 Å². The Balaban J connectivity index is 1.60. The van der Waals surface area contributed by atoms with E-state index < -0.39 is 0 Å². The summed E-state index contributed by atoms with van der Waals surface area (Å²) in [6.07, 6.45) is 0.997. The molecule has 0 heterocycles. The molecule has 0 aromatic heterocycles. The minimum atomic E-state index is 0.904. The van der Waals surface area contributed by atoms with E-state index in [2.05, 4.69) is 59.9 Å². The van der Waals surface area contributed by atoms with Crippen LogP contribution in [0.25, 0.3) is 10.8 Å². The van der Waals surface area contributed by atoms with E-state index in [9.17, 15) is 0 Å². The Bertz CT molecular complexity index is 719. The number of fused-ring (bicyclic) bond motifs is 1. The van der Waals surface area contributed by atoms with Crippen LogP contribution in [0.15, 0.2) is 66.7 Å². The van der Waals surface area contributed by atoms with Crippen LogP contribution in [-0.4, -0.2) is 13.7 Å². The van der Waals surface area contributed by atoms with Gasteiger partial charge in [-0.1, -0.05) is 42.5 Å². The zero-order valence-corrected chi connectivity index (χ0v) is 12.2. The third-order valence-electron chi connectivity index (χ3n) is 3.65. The number of methoxy groups -OCH3 is 1. The predicted molar refractivity (Wildman–Crippen MR) is 89.1 cm³/mol. The second-order valence-electron chi connectivity index (χ2n) is 5.09. The Morgan fingerprint density at radius 1 is 0.857 bits per heavy atom. The third-order valence-corrected chi connectivity index (χ3v) is 3.65. The number of nitrogens with one attached hydrogen (secondary N) is 1. The molecule has 0 bridgehead atoms. The van der Waals surface area contributed by atoms with Crippen LogP contribution in [0.3, 0.4) is 0 Å². The Labute approximate surface area is 125 Å². The van der Waals surface area contributed by atoms with Gasteiger partial charge in [0.2, 0.25) is 0 Å². The molecule has 0 saturated carbocycles. The van der Waals surface area contributed by atoms with Crippen LogP contribution in [0.5, 0.6) is 5.75 Å². The third kappa shape index (κ3) is 3.34. The Morgan fingerprint density at radius 3 is 2.38 bits per heavy atom. The first kappa shape index (κ1) is 13.5. The van der Waals surface area contributed by atoms with Crippen molar-refractivity contribution in [3.63, 3.8) is 0 Å². The lowest BCUT2D eigenvalue weighted by Crippen LogP contribution is -2.04. The highest BCUT2D eigenvalue weighted by Crippen LogP contribution is 2.19. The summed E-state index contributed by atoms with van der Waals surface area (Å²) in [5.41, 5.74) is 2.48. The van der Waals surface area contributed by atoms with Gasteiger partial charge in [0, 0.05) is 12.2 Å². The fourth-order valence-corrected chi connectivity index (χ4v) is 2.44. The Hall–Kier alpha value is -2.48. The van der Waals surface area contributed by atoms with Crippen molar-refractivity contribution in [3.05, 3.63) is 72.3 Å². The van der Waals surface area contributed by atoms with E-state index >= 15 is 0 Å². The van der Waals surface area contributed by atoms with Crippen molar-refractivity contribution < 1.29 is 4.74 Å². The molecule has 0 aliphatic carbocycles. The van der Waals surface area contributed by atoms with E-state index in [1.807, 2.05) is 12.1 Å². The van der Waals surface area contributed by atoms with Gasteiger partial charge in [-0.25, -0.2) is 0 Å². The van der Waals surface area contributed by atoms with Crippen molar-refractivity contribution >= 4 is 16.5 Å². The Morgan fingerprint density at radius 2 is 1.62 bits per heavy atom. The van der Waals surface area contributed by atoms with Gasteiger partial charge < -0.3 is 10.1 Å². The molecule has 1 N–H and O–H groups in total. The van der Waals surface area contributed by atoms with Gasteiger partial charge in [-0.3, -0.25) is 0 Å². The highest BCUT2D eigenvalue weighted by molar-refractivity contribution is 5.85. The van der Waals surface area contributed by atoms with Gasteiger partial charge in [-0.05, 0) is 47.0 Å². The molecule has 2 nitrogen and oxygen atoms in total. The van der Waals surface area contributed by atoms with Gasteiger partial charge >= 0.3 is 0 Å². The summed E-state index contributed by atoms with van der Waals surface area (Å²) < 4.78 is 5.17. The van der Waals surface area contributed by atoms with Crippen molar-refractivity contribution in [2.45, 2.75) is 6.42 Å². The maximum atomic E-state index is 5.17. The lowest BCUT2D eigenvalue weighted by atomic mass is 10.1. The predicted octanol–water partition coefficient (Wildman–Crippen LogP) is 4.50. The van der Waals surface area contributed by atoms with Crippen LogP contribution in [0.1, 0.15) is 5.56 Å². The molecule has 0 spiro atoms. The first-order valence-electron chi connectivity index (χ1n) is 7.21. The molecule has 0 saturated heterocycles. The molecule has 0 aliphatic rings. The molecular formula is C19H19NO. The quantitative estimate of drug-likeness (QED) is 0.741. The maximum absolute atomic E-state index is 5.17. The van der Waals surface area contributed by atoms with E-state index in [0.717, 1.165) is 18.7 Å². The van der Waals surface area contributed by atoms with E-state index in [0.29, 0.717) is 0 Å². The smallest absolute Gasteiger partial charge is 0.118 e. The maximum Gasteiger partial charge on any atom is 0.118 e. The first-order valence-corrected chi connectivity index (χ1v) is 7.21. The summed E-state index contributed by atoms with van der Waals surface area (Å²) in [6.45, 7) is 0.921. The molecule has 0 aliphatic heterocycles. The van der Waals surface area contributed by atoms with Gasteiger partial charge in [0.25, 0.3) is 0 Å². The second kappa shape index (κ2) is 6.31. The highest BCUT2D eigenvalue weighted by Gasteiger charge is 1.97. The summed E-state index contributed by atoms with van der Waals surface area (Å²) in [4.78, 5) is 0. The van der Waals surface area contributed by atoms with Crippen molar-refractivity contribution in [1.29, 1.82) is 0 Å². The molecule has 0 radical (unpaired) electrons. The van der Waals surface area contributed by atoms with Gasteiger partial charge in [-0.15, -0.1) is 0 Å². The minimum Gasteiger partial charge on any atom is -0.497 e. The molecular weight excluding hydrogens is 258 g/mol. The van der Waals surface area contributed by atoms with Gasteiger partial charge in [0.15, 0.2) is 0 Å². The van der Waals surface area contributed by atoms with Crippen LogP contribution >= 0.6 is 0 Å². The number of ether oxygens (including phenoxy) is 1. The second-order valence-corrected chi connectivity index (χ2v) is 5.09. The molecule has 0 atom stereocenters. The summed E-state index contributed by atoms with van der Waals surface area (Å²) in [6, 6.07) is 23.1. The van der Waals surface area contributed by atoms with Gasteiger partial charge in [0.1, 0.15) is 5.75 Å². The van der Waals surface area contributed by atoms with E-state index in [-0.39, 0.29) is 0 Å². The molecule has 106 valence electrons. The van der Waals surface area contributed by atoms with Crippen molar-refractivity contribution in [2.24, 2.45) is 0 Å². The summed E-state index contributed by atoms with van der Waals surface area (Å²) in [5.74, 6) is 0.904. The van der Waals surface area contributed by atoms with E-state index in [4.69, 9.17) is 4.74 Å². The van der Waals surface area contributed by atoms with Crippen LogP contribution in [0, 0.1) is 0 Å². The largest absolute Gasteiger partial charge is 0.497 e. The molecule has 0 unspecified atom stereocenters. The number of rotatable bonds is 5. The molecule has 0 amide bonds. The van der Waals surface area contributed by atoms with Crippen LogP contribution < -0.4 is 10.1 Å². The lowest BCUT2D eigenvalue weighted by Gasteiger charge is -2.08.